The number of amides is 2. The van der Waals surface area contributed by atoms with Gasteiger partial charge in [0, 0.05) is 13.1 Å². The third-order valence-electron chi connectivity index (χ3n) is 2.89. The Labute approximate surface area is 109 Å². The van der Waals surface area contributed by atoms with Crippen molar-refractivity contribution in [3.63, 3.8) is 0 Å². The summed E-state index contributed by atoms with van der Waals surface area (Å²) in [6.45, 7) is 5.39. The van der Waals surface area contributed by atoms with E-state index >= 15 is 0 Å². The fraction of sp³-hybridized carbons (Fsp3) is 0.500. The van der Waals surface area contributed by atoms with Crippen LogP contribution in [0.4, 0.5) is 4.79 Å². The molecule has 18 heavy (non-hydrogen) atoms. The first-order chi connectivity index (χ1) is 8.67. The molecule has 0 aliphatic rings. The van der Waals surface area contributed by atoms with Gasteiger partial charge in [-0.15, -0.1) is 0 Å². The summed E-state index contributed by atoms with van der Waals surface area (Å²) >= 11 is 0. The van der Waals surface area contributed by atoms with E-state index in [1.165, 1.54) is 5.56 Å². The third kappa shape index (κ3) is 4.65. The predicted molar refractivity (Wildman–Crippen MR) is 73.1 cm³/mol. The summed E-state index contributed by atoms with van der Waals surface area (Å²) in [4.78, 5) is 11.2. The lowest BCUT2D eigenvalue weighted by molar-refractivity contribution is 0.241. The van der Waals surface area contributed by atoms with Crippen molar-refractivity contribution in [1.82, 2.24) is 10.6 Å². The molecule has 0 aliphatic heterocycles. The van der Waals surface area contributed by atoms with Crippen LogP contribution in [0.15, 0.2) is 24.3 Å². The van der Waals surface area contributed by atoms with Crippen molar-refractivity contribution >= 4 is 6.03 Å². The van der Waals surface area contributed by atoms with E-state index in [1.54, 1.807) is 7.11 Å². The summed E-state index contributed by atoms with van der Waals surface area (Å²) in [7, 11) is 1.66. The van der Waals surface area contributed by atoms with Crippen LogP contribution in [-0.4, -0.2) is 26.2 Å². The molecule has 0 aromatic heterocycles. The molecule has 0 bridgehead atoms. The lowest BCUT2D eigenvalue weighted by atomic mass is 9.98. The summed E-state index contributed by atoms with van der Waals surface area (Å²) < 4.78 is 5.12. The van der Waals surface area contributed by atoms with E-state index in [0.717, 1.165) is 12.2 Å². The van der Waals surface area contributed by atoms with Gasteiger partial charge in [0.15, 0.2) is 0 Å². The number of urea groups is 1. The molecule has 0 aliphatic carbocycles. The molecule has 1 rings (SSSR count). The zero-order valence-electron chi connectivity index (χ0n) is 11.3. The standard InChI is InChI=1S/C14H22N2O2/c1-4-15-14(17)16-10-9-11(2)12-5-7-13(18-3)8-6-12/h5-8,11H,4,9-10H2,1-3H3,(H2,15,16,17). The molecule has 1 aromatic carbocycles. The fourth-order valence-electron chi connectivity index (χ4n) is 1.72. The van der Waals surface area contributed by atoms with E-state index < -0.39 is 0 Å². The molecule has 0 saturated heterocycles. The highest BCUT2D eigenvalue weighted by atomic mass is 16.5. The van der Waals surface area contributed by atoms with Gasteiger partial charge in [-0.3, -0.25) is 0 Å². The average Bonchev–Trinajstić information content (AvgIpc) is 2.39. The van der Waals surface area contributed by atoms with Crippen molar-refractivity contribution in [2.45, 2.75) is 26.2 Å². The number of hydrogen-bond donors (Lipinski definition) is 2. The maximum absolute atomic E-state index is 11.2. The molecular weight excluding hydrogens is 228 g/mol. The summed E-state index contributed by atoms with van der Waals surface area (Å²) in [5.41, 5.74) is 1.26. The Balaban J connectivity index is 2.35. The number of carbonyl (C=O) groups is 1. The van der Waals surface area contributed by atoms with Crippen LogP contribution in [0.25, 0.3) is 0 Å². The minimum absolute atomic E-state index is 0.0977. The van der Waals surface area contributed by atoms with Crippen LogP contribution in [0.5, 0.6) is 5.75 Å². The van der Waals surface area contributed by atoms with Gasteiger partial charge >= 0.3 is 6.03 Å². The second kappa shape index (κ2) is 7.58. The molecule has 100 valence electrons. The van der Waals surface area contributed by atoms with Gasteiger partial charge in [-0.2, -0.15) is 0 Å². The Bertz CT molecular complexity index is 363. The van der Waals surface area contributed by atoms with Gasteiger partial charge in [0.2, 0.25) is 0 Å². The summed E-state index contributed by atoms with van der Waals surface area (Å²) in [6.07, 6.45) is 0.920. The first kappa shape index (κ1) is 14.4. The highest BCUT2D eigenvalue weighted by molar-refractivity contribution is 5.73. The van der Waals surface area contributed by atoms with Crippen molar-refractivity contribution in [3.8, 4) is 5.75 Å². The van der Waals surface area contributed by atoms with E-state index in [-0.39, 0.29) is 6.03 Å². The van der Waals surface area contributed by atoms with E-state index in [1.807, 2.05) is 19.1 Å². The van der Waals surface area contributed by atoms with Gasteiger partial charge in [-0.1, -0.05) is 19.1 Å². The quantitative estimate of drug-likeness (QED) is 0.815. The third-order valence-corrected chi connectivity index (χ3v) is 2.89. The minimum Gasteiger partial charge on any atom is -0.497 e. The molecular formula is C14H22N2O2. The Kier molecular flexibility index (Phi) is 6.05. The molecule has 4 nitrogen and oxygen atoms in total. The molecule has 1 unspecified atom stereocenters. The first-order valence-electron chi connectivity index (χ1n) is 6.33. The van der Waals surface area contributed by atoms with Crippen LogP contribution >= 0.6 is 0 Å². The second-order valence-electron chi connectivity index (χ2n) is 4.25. The zero-order chi connectivity index (χ0) is 13.4. The Morgan fingerprint density at radius 1 is 1.28 bits per heavy atom. The molecule has 0 saturated carbocycles. The number of hydrogen-bond acceptors (Lipinski definition) is 2. The number of methoxy groups -OCH3 is 1. The van der Waals surface area contributed by atoms with Crippen molar-refractivity contribution < 1.29 is 9.53 Å². The number of ether oxygens (including phenoxy) is 1. The highest BCUT2D eigenvalue weighted by Crippen LogP contribution is 2.21. The molecule has 0 radical (unpaired) electrons. The van der Waals surface area contributed by atoms with Crippen LogP contribution in [0.1, 0.15) is 31.7 Å². The van der Waals surface area contributed by atoms with Crippen LogP contribution in [0, 0.1) is 0 Å². The van der Waals surface area contributed by atoms with Crippen molar-refractivity contribution in [3.05, 3.63) is 29.8 Å². The van der Waals surface area contributed by atoms with Crippen LogP contribution in [0.2, 0.25) is 0 Å². The largest absolute Gasteiger partial charge is 0.497 e. The molecule has 0 fully saturated rings. The van der Waals surface area contributed by atoms with E-state index in [9.17, 15) is 4.79 Å². The second-order valence-corrected chi connectivity index (χ2v) is 4.25. The molecule has 0 heterocycles. The number of rotatable bonds is 6. The minimum atomic E-state index is -0.0977. The van der Waals surface area contributed by atoms with Gasteiger partial charge in [-0.25, -0.2) is 4.79 Å². The lowest BCUT2D eigenvalue weighted by Gasteiger charge is -2.13. The maximum atomic E-state index is 11.2. The average molecular weight is 250 g/mol. The van der Waals surface area contributed by atoms with Crippen molar-refractivity contribution in [2.24, 2.45) is 0 Å². The Morgan fingerprint density at radius 2 is 1.94 bits per heavy atom. The van der Waals surface area contributed by atoms with Gasteiger partial charge in [0.05, 0.1) is 7.11 Å². The predicted octanol–water partition coefficient (Wildman–Crippen LogP) is 2.51. The van der Waals surface area contributed by atoms with Gasteiger partial charge in [0.25, 0.3) is 0 Å². The van der Waals surface area contributed by atoms with Crippen molar-refractivity contribution in [1.29, 1.82) is 0 Å². The monoisotopic (exact) mass is 250 g/mol. The Hall–Kier alpha value is -1.71. The SMILES string of the molecule is CCNC(=O)NCCC(C)c1ccc(OC)cc1. The van der Waals surface area contributed by atoms with Gasteiger partial charge in [-0.05, 0) is 37.0 Å². The van der Waals surface area contributed by atoms with Crippen LogP contribution in [0.3, 0.4) is 0 Å². The van der Waals surface area contributed by atoms with E-state index in [2.05, 4.69) is 29.7 Å². The number of nitrogens with one attached hydrogen (secondary N) is 2. The van der Waals surface area contributed by atoms with Crippen molar-refractivity contribution in [2.75, 3.05) is 20.2 Å². The first-order valence-corrected chi connectivity index (χ1v) is 6.33. The summed E-state index contributed by atoms with van der Waals surface area (Å²) in [6, 6.07) is 7.96. The number of carbonyl (C=O) groups excluding carboxylic acids is 1. The molecule has 2 amide bonds. The Morgan fingerprint density at radius 3 is 2.50 bits per heavy atom. The normalized spacial score (nSPS) is 11.7. The molecule has 2 N–H and O–H groups in total. The van der Waals surface area contributed by atoms with E-state index in [0.29, 0.717) is 19.0 Å². The van der Waals surface area contributed by atoms with Crippen LogP contribution < -0.4 is 15.4 Å². The summed E-state index contributed by atoms with van der Waals surface area (Å²) in [5.74, 6) is 1.28. The molecule has 0 spiro atoms. The molecule has 1 aromatic rings. The highest BCUT2D eigenvalue weighted by Gasteiger charge is 2.06. The smallest absolute Gasteiger partial charge is 0.314 e. The fourth-order valence-corrected chi connectivity index (χ4v) is 1.72. The summed E-state index contributed by atoms with van der Waals surface area (Å²) in [5, 5.41) is 5.54. The van der Waals surface area contributed by atoms with Gasteiger partial charge < -0.3 is 15.4 Å². The maximum Gasteiger partial charge on any atom is 0.314 e. The number of benzene rings is 1. The molecule has 1 atom stereocenters. The van der Waals surface area contributed by atoms with Crippen LogP contribution in [-0.2, 0) is 0 Å². The topological polar surface area (TPSA) is 50.4 Å². The van der Waals surface area contributed by atoms with E-state index in [4.69, 9.17) is 4.74 Å². The van der Waals surface area contributed by atoms with Gasteiger partial charge in [0.1, 0.15) is 5.75 Å². The zero-order valence-corrected chi connectivity index (χ0v) is 11.3. The lowest BCUT2D eigenvalue weighted by Crippen LogP contribution is -2.36. The molecule has 4 heteroatoms.